The Bertz CT molecular complexity index is 1080. The maximum Gasteiger partial charge on any atom is 0.257 e. The predicted octanol–water partition coefficient (Wildman–Crippen LogP) is 6.35. The van der Waals surface area contributed by atoms with Crippen LogP contribution >= 0.6 is 11.6 Å². The highest BCUT2D eigenvalue weighted by atomic mass is 35.5. The molecule has 1 amide bonds. The van der Waals surface area contributed by atoms with Gasteiger partial charge < -0.3 is 10.3 Å². The van der Waals surface area contributed by atoms with Crippen molar-refractivity contribution in [3.05, 3.63) is 70.9 Å². The first-order valence-corrected chi connectivity index (χ1v) is 11.0. The van der Waals surface area contributed by atoms with E-state index in [1.54, 1.807) is 12.1 Å². The predicted molar refractivity (Wildman–Crippen MR) is 126 cm³/mol. The van der Waals surface area contributed by atoms with E-state index in [1.165, 1.54) is 24.0 Å². The molecule has 0 aliphatic carbocycles. The molecule has 0 bridgehead atoms. The van der Waals surface area contributed by atoms with Crippen LogP contribution in [0.5, 0.6) is 0 Å². The lowest BCUT2D eigenvalue weighted by Crippen LogP contribution is -2.36. The molecule has 1 unspecified atom stereocenters. The largest absolute Gasteiger partial charge is 0.361 e. The summed E-state index contributed by atoms with van der Waals surface area (Å²) < 4.78 is 0. The maximum atomic E-state index is 12.6. The molecule has 2 heterocycles. The number of halogens is 1. The normalized spacial score (nSPS) is 15.8. The van der Waals surface area contributed by atoms with Crippen molar-refractivity contribution < 1.29 is 4.79 Å². The number of H-pyrrole nitrogens is 1. The molecule has 3 aromatic rings. The fourth-order valence-electron chi connectivity index (χ4n) is 4.24. The van der Waals surface area contributed by atoms with Gasteiger partial charge in [-0.1, -0.05) is 43.2 Å². The molecule has 2 N–H and O–H groups in total. The minimum atomic E-state index is -0.200. The van der Waals surface area contributed by atoms with Crippen molar-refractivity contribution in [2.24, 2.45) is 0 Å². The van der Waals surface area contributed by atoms with Crippen molar-refractivity contribution in [1.29, 1.82) is 0 Å². The first-order valence-electron chi connectivity index (χ1n) is 10.7. The van der Waals surface area contributed by atoms with Gasteiger partial charge in [-0.3, -0.25) is 9.69 Å². The van der Waals surface area contributed by atoms with Crippen LogP contribution in [-0.4, -0.2) is 34.9 Å². The lowest BCUT2D eigenvalue weighted by molar-refractivity contribution is 0.102. The molecule has 0 radical (unpaired) electrons. The zero-order valence-electron chi connectivity index (χ0n) is 17.5. The number of hydrogen-bond acceptors (Lipinski definition) is 2. The molecule has 0 saturated carbocycles. The molecule has 30 heavy (non-hydrogen) atoms. The number of aromatic nitrogens is 1. The SMILES string of the molecule is CCCC(C)N1CC=C(c2c[nH]c3ccc(NC(=O)c4ccccc4Cl)cc23)CC1. The summed E-state index contributed by atoms with van der Waals surface area (Å²) in [7, 11) is 0. The van der Waals surface area contributed by atoms with Crippen LogP contribution in [0.1, 0.15) is 49.0 Å². The third kappa shape index (κ3) is 4.30. The van der Waals surface area contributed by atoms with Crippen LogP contribution in [-0.2, 0) is 0 Å². The van der Waals surface area contributed by atoms with Crippen LogP contribution in [0.25, 0.3) is 16.5 Å². The summed E-state index contributed by atoms with van der Waals surface area (Å²) in [5.74, 6) is -0.200. The number of aromatic amines is 1. The van der Waals surface area contributed by atoms with Crippen LogP contribution in [0.2, 0.25) is 5.02 Å². The second-order valence-corrected chi connectivity index (χ2v) is 8.42. The van der Waals surface area contributed by atoms with Crippen molar-refractivity contribution >= 4 is 39.7 Å². The molecular weight excluding hydrogens is 394 g/mol. The number of benzene rings is 2. The fraction of sp³-hybridized carbons (Fsp3) is 0.320. The van der Waals surface area contributed by atoms with Gasteiger partial charge >= 0.3 is 0 Å². The number of hydrogen-bond donors (Lipinski definition) is 2. The summed E-state index contributed by atoms with van der Waals surface area (Å²) in [4.78, 5) is 18.6. The molecule has 1 aliphatic heterocycles. The monoisotopic (exact) mass is 421 g/mol. The zero-order chi connectivity index (χ0) is 21.1. The third-order valence-corrected chi connectivity index (χ3v) is 6.30. The average Bonchev–Trinajstić information content (AvgIpc) is 3.17. The molecule has 1 atom stereocenters. The van der Waals surface area contributed by atoms with E-state index in [0.29, 0.717) is 16.6 Å². The smallest absolute Gasteiger partial charge is 0.257 e. The van der Waals surface area contributed by atoms with Crippen LogP contribution in [0.3, 0.4) is 0 Å². The highest BCUT2D eigenvalue weighted by Gasteiger charge is 2.19. The van der Waals surface area contributed by atoms with Gasteiger partial charge in [-0.25, -0.2) is 0 Å². The molecule has 156 valence electrons. The molecule has 0 fully saturated rings. The van der Waals surface area contributed by atoms with Gasteiger partial charge in [0.1, 0.15) is 0 Å². The van der Waals surface area contributed by atoms with Gasteiger partial charge in [0.25, 0.3) is 5.91 Å². The Kier molecular flexibility index (Phi) is 6.26. The van der Waals surface area contributed by atoms with Gasteiger partial charge in [0.05, 0.1) is 10.6 Å². The Morgan fingerprint density at radius 3 is 2.83 bits per heavy atom. The molecule has 4 rings (SSSR count). The van der Waals surface area contributed by atoms with Gasteiger partial charge in [-0.05, 0) is 55.7 Å². The Morgan fingerprint density at radius 2 is 2.10 bits per heavy atom. The van der Waals surface area contributed by atoms with E-state index in [2.05, 4.69) is 41.3 Å². The first-order chi connectivity index (χ1) is 14.6. The quantitative estimate of drug-likeness (QED) is 0.487. The lowest BCUT2D eigenvalue weighted by Gasteiger charge is -2.31. The maximum absolute atomic E-state index is 12.6. The molecule has 4 nitrogen and oxygen atoms in total. The van der Waals surface area contributed by atoms with Crippen molar-refractivity contribution in [1.82, 2.24) is 9.88 Å². The van der Waals surface area contributed by atoms with E-state index in [0.717, 1.165) is 36.1 Å². The van der Waals surface area contributed by atoms with Crippen LogP contribution < -0.4 is 5.32 Å². The van der Waals surface area contributed by atoms with Gasteiger partial charge in [0.15, 0.2) is 0 Å². The minimum absolute atomic E-state index is 0.200. The molecule has 0 spiro atoms. The van der Waals surface area contributed by atoms with Gasteiger partial charge in [0, 0.05) is 47.5 Å². The van der Waals surface area contributed by atoms with E-state index < -0.39 is 0 Å². The zero-order valence-corrected chi connectivity index (χ0v) is 18.3. The minimum Gasteiger partial charge on any atom is -0.361 e. The Hall–Kier alpha value is -2.56. The van der Waals surface area contributed by atoms with E-state index in [9.17, 15) is 4.79 Å². The summed E-state index contributed by atoms with van der Waals surface area (Å²) in [6.07, 6.45) is 7.94. The summed E-state index contributed by atoms with van der Waals surface area (Å²) in [6.45, 7) is 6.65. The number of anilines is 1. The second-order valence-electron chi connectivity index (χ2n) is 8.01. The number of carbonyl (C=O) groups is 1. The van der Waals surface area contributed by atoms with Crippen LogP contribution in [0.4, 0.5) is 5.69 Å². The summed E-state index contributed by atoms with van der Waals surface area (Å²) in [6, 6.07) is 13.7. The second kappa shape index (κ2) is 9.07. The topological polar surface area (TPSA) is 48.1 Å². The van der Waals surface area contributed by atoms with Gasteiger partial charge in [-0.2, -0.15) is 0 Å². The van der Waals surface area contributed by atoms with E-state index in [-0.39, 0.29) is 5.91 Å². The molecule has 1 aliphatic rings. The number of rotatable bonds is 6. The van der Waals surface area contributed by atoms with Crippen molar-refractivity contribution in [3.8, 4) is 0 Å². The fourth-order valence-corrected chi connectivity index (χ4v) is 4.46. The van der Waals surface area contributed by atoms with Crippen LogP contribution in [0, 0.1) is 0 Å². The van der Waals surface area contributed by atoms with Crippen molar-refractivity contribution in [3.63, 3.8) is 0 Å². The Morgan fingerprint density at radius 1 is 1.27 bits per heavy atom. The number of amides is 1. The van der Waals surface area contributed by atoms with Crippen molar-refractivity contribution in [2.75, 3.05) is 18.4 Å². The van der Waals surface area contributed by atoms with Gasteiger partial charge in [0.2, 0.25) is 0 Å². The van der Waals surface area contributed by atoms with Crippen LogP contribution in [0.15, 0.2) is 54.7 Å². The summed E-state index contributed by atoms with van der Waals surface area (Å²) in [5, 5.41) is 4.57. The highest BCUT2D eigenvalue weighted by Crippen LogP contribution is 2.32. The number of nitrogens with zero attached hydrogens (tertiary/aromatic N) is 1. The molecule has 1 aromatic heterocycles. The van der Waals surface area contributed by atoms with Crippen molar-refractivity contribution in [2.45, 2.75) is 39.2 Å². The molecule has 2 aromatic carbocycles. The lowest BCUT2D eigenvalue weighted by atomic mass is 9.97. The van der Waals surface area contributed by atoms with E-state index in [4.69, 9.17) is 11.6 Å². The Balaban J connectivity index is 1.55. The third-order valence-electron chi connectivity index (χ3n) is 5.97. The van der Waals surface area contributed by atoms with E-state index >= 15 is 0 Å². The molecule has 5 heteroatoms. The highest BCUT2D eigenvalue weighted by molar-refractivity contribution is 6.34. The number of carbonyl (C=O) groups excluding carboxylic acids is 1. The standard InChI is InChI=1S/C25H28ClN3O/c1-3-6-17(2)29-13-11-18(12-14-29)22-16-27-24-10-9-19(15-21(22)24)28-25(30)20-7-4-5-8-23(20)26/h4-5,7-11,15-17,27H,3,6,12-14H2,1-2H3,(H,28,30). The number of nitrogens with one attached hydrogen (secondary N) is 2. The first kappa shape index (κ1) is 20.7. The molecular formula is C25H28ClN3O. The summed E-state index contributed by atoms with van der Waals surface area (Å²) in [5.41, 5.74) is 4.91. The Labute approximate surface area is 182 Å². The number of fused-ring (bicyclic) bond motifs is 1. The average molecular weight is 422 g/mol. The summed E-state index contributed by atoms with van der Waals surface area (Å²) >= 11 is 6.17. The van der Waals surface area contributed by atoms with Gasteiger partial charge in [-0.15, -0.1) is 0 Å². The van der Waals surface area contributed by atoms with E-state index in [1.807, 2.05) is 30.3 Å². The molecule has 0 saturated heterocycles.